The average molecular weight is 271 g/mol. The maximum absolute atomic E-state index is 12.0. The molecule has 1 heterocycles. The molecule has 5 heteroatoms. The van der Waals surface area contributed by atoms with Crippen LogP contribution in [0.1, 0.15) is 16.1 Å². The Kier molecular flexibility index (Phi) is 4.20. The number of amides is 2. The smallest absolute Gasteiger partial charge is 0.272 e. The summed E-state index contributed by atoms with van der Waals surface area (Å²) >= 11 is 0. The van der Waals surface area contributed by atoms with Crippen LogP contribution in [0, 0.1) is 0 Å². The monoisotopic (exact) mass is 271 g/mol. The molecule has 2 aromatic rings. The first-order valence-corrected chi connectivity index (χ1v) is 6.32. The number of carbonyl (C=O) groups excluding carboxylic acids is 2. The highest BCUT2D eigenvalue weighted by molar-refractivity contribution is 6.03. The number of hydrogen-bond donors (Lipinski definition) is 2. The van der Waals surface area contributed by atoms with Gasteiger partial charge in [-0.2, -0.15) is 0 Å². The Balaban J connectivity index is 2.02. The third kappa shape index (κ3) is 3.26. The van der Waals surface area contributed by atoms with E-state index in [1.54, 1.807) is 29.8 Å². The van der Waals surface area contributed by atoms with E-state index in [1.807, 2.05) is 31.4 Å². The predicted octanol–water partition coefficient (Wildman–Crippen LogP) is 1.57. The summed E-state index contributed by atoms with van der Waals surface area (Å²) in [4.78, 5) is 23.3. The van der Waals surface area contributed by atoms with E-state index in [0.29, 0.717) is 17.8 Å². The second-order valence-corrected chi connectivity index (χ2v) is 4.51. The molecule has 1 aromatic carbocycles. The van der Waals surface area contributed by atoms with Gasteiger partial charge in [0.25, 0.3) is 5.91 Å². The molecule has 2 amide bonds. The van der Waals surface area contributed by atoms with E-state index in [2.05, 4.69) is 10.6 Å². The van der Waals surface area contributed by atoms with Gasteiger partial charge in [-0.3, -0.25) is 9.59 Å². The third-order valence-corrected chi connectivity index (χ3v) is 3.03. The number of nitrogens with zero attached hydrogens (tertiary/aromatic N) is 1. The van der Waals surface area contributed by atoms with Gasteiger partial charge < -0.3 is 15.2 Å². The molecule has 0 aliphatic heterocycles. The molecule has 20 heavy (non-hydrogen) atoms. The molecule has 5 nitrogen and oxygen atoms in total. The molecule has 0 radical (unpaired) electrons. The second-order valence-electron chi connectivity index (χ2n) is 4.51. The quantitative estimate of drug-likeness (QED) is 0.886. The summed E-state index contributed by atoms with van der Waals surface area (Å²) in [5.41, 5.74) is 2.21. The Morgan fingerprint density at radius 1 is 1.15 bits per heavy atom. The van der Waals surface area contributed by atoms with Crippen molar-refractivity contribution in [2.45, 2.75) is 6.42 Å². The summed E-state index contributed by atoms with van der Waals surface area (Å²) in [5, 5.41) is 5.39. The lowest BCUT2D eigenvalue weighted by atomic mass is 10.1. The predicted molar refractivity (Wildman–Crippen MR) is 77.6 cm³/mol. The molecular weight excluding hydrogens is 254 g/mol. The van der Waals surface area contributed by atoms with Crippen LogP contribution in [0.5, 0.6) is 0 Å². The molecule has 0 unspecified atom stereocenters. The number of benzene rings is 1. The molecule has 0 aliphatic rings. The summed E-state index contributed by atoms with van der Waals surface area (Å²) in [6, 6.07) is 10.8. The fourth-order valence-electron chi connectivity index (χ4n) is 1.87. The van der Waals surface area contributed by atoms with E-state index in [4.69, 9.17) is 0 Å². The van der Waals surface area contributed by atoms with Crippen molar-refractivity contribution in [1.82, 2.24) is 9.88 Å². The molecule has 0 saturated carbocycles. The van der Waals surface area contributed by atoms with E-state index in [1.165, 1.54) is 0 Å². The van der Waals surface area contributed by atoms with E-state index >= 15 is 0 Å². The summed E-state index contributed by atoms with van der Waals surface area (Å²) in [6.07, 6.45) is 2.16. The van der Waals surface area contributed by atoms with Gasteiger partial charge in [0.15, 0.2) is 0 Å². The summed E-state index contributed by atoms with van der Waals surface area (Å²) in [7, 11) is 3.43. The molecule has 1 aromatic heterocycles. The summed E-state index contributed by atoms with van der Waals surface area (Å²) < 4.78 is 1.76. The van der Waals surface area contributed by atoms with Gasteiger partial charge in [0.05, 0.1) is 6.42 Å². The van der Waals surface area contributed by atoms with Gasteiger partial charge in [0.1, 0.15) is 5.69 Å². The SMILES string of the molecule is CNC(=O)Cc1ccc(NC(=O)c2cccn2C)cc1. The van der Waals surface area contributed by atoms with Crippen molar-refractivity contribution in [2.24, 2.45) is 7.05 Å². The number of likely N-dealkylation sites (N-methyl/N-ethyl adjacent to an activating group) is 1. The molecule has 2 rings (SSSR count). The first-order chi connectivity index (χ1) is 9.60. The van der Waals surface area contributed by atoms with Crippen molar-refractivity contribution in [3.63, 3.8) is 0 Å². The molecule has 0 bridgehead atoms. The molecule has 104 valence electrons. The van der Waals surface area contributed by atoms with Gasteiger partial charge in [-0.15, -0.1) is 0 Å². The van der Waals surface area contributed by atoms with Crippen LogP contribution in [-0.2, 0) is 18.3 Å². The van der Waals surface area contributed by atoms with Gasteiger partial charge >= 0.3 is 0 Å². The minimum Gasteiger partial charge on any atom is -0.359 e. The minimum absolute atomic E-state index is 0.0365. The lowest BCUT2D eigenvalue weighted by Crippen LogP contribution is -2.20. The standard InChI is InChI=1S/C15H17N3O2/c1-16-14(19)10-11-5-7-12(8-6-11)17-15(20)13-4-3-9-18(13)2/h3-9H,10H2,1-2H3,(H,16,19)(H,17,20). The van der Waals surface area contributed by atoms with Crippen LogP contribution in [0.25, 0.3) is 0 Å². The number of aromatic nitrogens is 1. The topological polar surface area (TPSA) is 63.1 Å². The Morgan fingerprint density at radius 2 is 1.85 bits per heavy atom. The van der Waals surface area contributed by atoms with Crippen molar-refractivity contribution >= 4 is 17.5 Å². The van der Waals surface area contributed by atoms with Crippen molar-refractivity contribution in [3.8, 4) is 0 Å². The molecule has 0 saturated heterocycles. The molecule has 0 fully saturated rings. The zero-order valence-corrected chi connectivity index (χ0v) is 11.5. The van der Waals surface area contributed by atoms with Crippen LogP contribution in [0.3, 0.4) is 0 Å². The number of anilines is 1. The van der Waals surface area contributed by atoms with E-state index in [0.717, 1.165) is 5.56 Å². The normalized spacial score (nSPS) is 10.1. The number of carbonyl (C=O) groups is 2. The third-order valence-electron chi connectivity index (χ3n) is 3.03. The molecule has 0 atom stereocenters. The Labute approximate surface area is 117 Å². The minimum atomic E-state index is -0.156. The lowest BCUT2D eigenvalue weighted by Gasteiger charge is -2.07. The van der Waals surface area contributed by atoms with Gasteiger partial charge in [-0.05, 0) is 29.8 Å². The zero-order chi connectivity index (χ0) is 14.5. The first kappa shape index (κ1) is 13.9. The molecular formula is C15H17N3O2. The van der Waals surface area contributed by atoms with Crippen LogP contribution in [0.4, 0.5) is 5.69 Å². The van der Waals surface area contributed by atoms with E-state index < -0.39 is 0 Å². The average Bonchev–Trinajstić information content (AvgIpc) is 2.87. The fourth-order valence-corrected chi connectivity index (χ4v) is 1.87. The maximum Gasteiger partial charge on any atom is 0.272 e. The zero-order valence-electron chi connectivity index (χ0n) is 11.5. The van der Waals surface area contributed by atoms with Crippen LogP contribution >= 0.6 is 0 Å². The van der Waals surface area contributed by atoms with Gasteiger partial charge in [0.2, 0.25) is 5.91 Å². The highest BCUT2D eigenvalue weighted by atomic mass is 16.2. The number of nitrogens with one attached hydrogen (secondary N) is 2. The van der Waals surface area contributed by atoms with Crippen molar-refractivity contribution in [2.75, 3.05) is 12.4 Å². The highest BCUT2D eigenvalue weighted by Gasteiger charge is 2.09. The number of rotatable bonds is 4. The van der Waals surface area contributed by atoms with Gasteiger partial charge in [-0.25, -0.2) is 0 Å². The molecule has 0 aliphatic carbocycles. The Morgan fingerprint density at radius 3 is 2.40 bits per heavy atom. The van der Waals surface area contributed by atoms with Crippen molar-refractivity contribution < 1.29 is 9.59 Å². The number of aryl methyl sites for hydroxylation is 1. The summed E-state index contributed by atoms with van der Waals surface area (Å²) in [6.45, 7) is 0. The van der Waals surface area contributed by atoms with E-state index in [9.17, 15) is 9.59 Å². The van der Waals surface area contributed by atoms with Crippen molar-refractivity contribution in [1.29, 1.82) is 0 Å². The highest BCUT2D eigenvalue weighted by Crippen LogP contribution is 2.12. The first-order valence-electron chi connectivity index (χ1n) is 6.32. The van der Waals surface area contributed by atoms with Gasteiger partial charge in [0, 0.05) is 26.0 Å². The van der Waals surface area contributed by atoms with Crippen LogP contribution in [0.2, 0.25) is 0 Å². The van der Waals surface area contributed by atoms with Crippen LogP contribution < -0.4 is 10.6 Å². The fraction of sp³-hybridized carbons (Fsp3) is 0.200. The number of hydrogen-bond acceptors (Lipinski definition) is 2. The van der Waals surface area contributed by atoms with E-state index in [-0.39, 0.29) is 11.8 Å². The Bertz CT molecular complexity index is 614. The van der Waals surface area contributed by atoms with Gasteiger partial charge in [-0.1, -0.05) is 12.1 Å². The Hall–Kier alpha value is -2.56. The largest absolute Gasteiger partial charge is 0.359 e. The maximum atomic E-state index is 12.0. The van der Waals surface area contributed by atoms with Crippen LogP contribution in [-0.4, -0.2) is 23.4 Å². The second kappa shape index (κ2) is 6.06. The lowest BCUT2D eigenvalue weighted by molar-refractivity contribution is -0.119. The molecule has 2 N–H and O–H groups in total. The molecule has 0 spiro atoms. The van der Waals surface area contributed by atoms with Crippen LogP contribution in [0.15, 0.2) is 42.6 Å². The van der Waals surface area contributed by atoms with Crippen molar-refractivity contribution in [3.05, 3.63) is 53.9 Å². The summed E-state index contributed by atoms with van der Waals surface area (Å²) in [5.74, 6) is -0.192.